The summed E-state index contributed by atoms with van der Waals surface area (Å²) in [4.78, 5) is 0. The van der Waals surface area contributed by atoms with E-state index in [-0.39, 0.29) is 11.4 Å². The number of benzene rings is 2. The molecule has 4 heteroatoms. The molecule has 0 saturated heterocycles. The second-order valence-electron chi connectivity index (χ2n) is 6.83. The third-order valence-corrected chi connectivity index (χ3v) is 5.31. The van der Waals surface area contributed by atoms with E-state index in [9.17, 15) is 4.39 Å². The summed E-state index contributed by atoms with van der Waals surface area (Å²) in [6.07, 6.45) is 4.80. The topological polar surface area (TPSA) is 47.8 Å². The van der Waals surface area contributed by atoms with Crippen molar-refractivity contribution in [3.8, 4) is 6.07 Å². The maximum Gasteiger partial charge on any atom is 0.146 e. The standard InChI is InChI=1S/C20H20FN3/c1-23-19-11-15(5-7-17(19)21)20(9-8-13-2-3-13)16-6-4-14(12-22)10-18(16)24-20/h4-7,10-11,13,23-24H,2-3,8-9H2,1H3. The van der Waals surface area contributed by atoms with Gasteiger partial charge in [-0.15, -0.1) is 0 Å². The minimum Gasteiger partial charge on any atom is -0.386 e. The first-order chi connectivity index (χ1) is 11.7. The Kier molecular flexibility index (Phi) is 3.45. The lowest BCUT2D eigenvalue weighted by Crippen LogP contribution is -2.45. The first-order valence-electron chi connectivity index (χ1n) is 8.47. The van der Waals surface area contributed by atoms with E-state index in [1.54, 1.807) is 7.05 Å². The van der Waals surface area contributed by atoms with Gasteiger partial charge in [-0.05, 0) is 48.6 Å². The quantitative estimate of drug-likeness (QED) is 0.846. The molecule has 0 aromatic heterocycles. The highest BCUT2D eigenvalue weighted by Gasteiger charge is 2.44. The molecule has 3 nitrogen and oxygen atoms in total. The van der Waals surface area contributed by atoms with E-state index in [4.69, 9.17) is 5.26 Å². The summed E-state index contributed by atoms with van der Waals surface area (Å²) >= 11 is 0. The van der Waals surface area contributed by atoms with Gasteiger partial charge in [0.15, 0.2) is 0 Å². The summed E-state index contributed by atoms with van der Waals surface area (Å²) in [5.41, 5.74) is 4.20. The zero-order valence-electron chi connectivity index (χ0n) is 13.7. The van der Waals surface area contributed by atoms with Crippen LogP contribution in [0.3, 0.4) is 0 Å². The first-order valence-corrected chi connectivity index (χ1v) is 8.47. The third kappa shape index (κ3) is 2.32. The first kappa shape index (κ1) is 15.0. The molecule has 2 aliphatic rings. The molecule has 0 spiro atoms. The number of hydrogen-bond donors (Lipinski definition) is 2. The predicted molar refractivity (Wildman–Crippen MR) is 93.5 cm³/mol. The van der Waals surface area contributed by atoms with Crippen molar-refractivity contribution in [2.45, 2.75) is 31.2 Å². The Labute approximate surface area is 141 Å². The molecule has 1 fully saturated rings. The summed E-state index contributed by atoms with van der Waals surface area (Å²) in [6.45, 7) is 0. The monoisotopic (exact) mass is 321 g/mol. The van der Waals surface area contributed by atoms with Gasteiger partial charge in [-0.25, -0.2) is 4.39 Å². The molecule has 1 heterocycles. The molecule has 0 amide bonds. The Bertz CT molecular complexity index is 835. The molecule has 1 saturated carbocycles. The van der Waals surface area contributed by atoms with Crippen molar-refractivity contribution in [3.63, 3.8) is 0 Å². The minimum absolute atomic E-state index is 0.238. The predicted octanol–water partition coefficient (Wildman–Crippen LogP) is 4.60. The second-order valence-corrected chi connectivity index (χ2v) is 6.83. The van der Waals surface area contributed by atoms with Gasteiger partial charge in [0.05, 0.1) is 22.9 Å². The minimum atomic E-state index is -0.273. The van der Waals surface area contributed by atoms with Gasteiger partial charge in [0.25, 0.3) is 0 Å². The molecule has 1 aliphatic carbocycles. The lowest BCUT2D eigenvalue weighted by molar-refractivity contribution is 0.462. The highest BCUT2D eigenvalue weighted by atomic mass is 19.1. The lowest BCUT2D eigenvalue weighted by atomic mass is 9.72. The van der Waals surface area contributed by atoms with Crippen LogP contribution in [0.4, 0.5) is 15.8 Å². The maximum absolute atomic E-state index is 13.9. The molecule has 1 aliphatic heterocycles. The van der Waals surface area contributed by atoms with Gasteiger partial charge in [-0.1, -0.05) is 25.0 Å². The van der Waals surface area contributed by atoms with Crippen LogP contribution in [0, 0.1) is 23.1 Å². The van der Waals surface area contributed by atoms with Crippen LogP contribution in [-0.2, 0) is 5.54 Å². The Morgan fingerprint density at radius 1 is 1.29 bits per heavy atom. The van der Waals surface area contributed by atoms with Crippen LogP contribution in [0.1, 0.15) is 42.4 Å². The molecule has 0 bridgehead atoms. The normalized spacial score (nSPS) is 21.2. The maximum atomic E-state index is 13.9. The number of rotatable bonds is 5. The Morgan fingerprint density at radius 2 is 2.12 bits per heavy atom. The van der Waals surface area contributed by atoms with E-state index >= 15 is 0 Å². The Morgan fingerprint density at radius 3 is 2.79 bits per heavy atom. The van der Waals surface area contributed by atoms with Crippen molar-refractivity contribution in [1.29, 1.82) is 5.26 Å². The summed E-state index contributed by atoms with van der Waals surface area (Å²) in [7, 11) is 1.74. The number of anilines is 2. The van der Waals surface area contributed by atoms with Crippen molar-refractivity contribution >= 4 is 11.4 Å². The average Bonchev–Trinajstić information content (AvgIpc) is 3.41. The summed E-state index contributed by atoms with van der Waals surface area (Å²) in [6, 6.07) is 13.3. The van der Waals surface area contributed by atoms with E-state index in [2.05, 4.69) is 16.7 Å². The number of halogens is 1. The molecule has 1 atom stereocenters. The molecule has 2 aromatic carbocycles. The van der Waals surface area contributed by atoms with Gasteiger partial charge in [0.1, 0.15) is 5.82 Å². The van der Waals surface area contributed by atoms with Crippen molar-refractivity contribution in [2.24, 2.45) is 5.92 Å². The largest absolute Gasteiger partial charge is 0.386 e. The van der Waals surface area contributed by atoms with Crippen molar-refractivity contribution in [2.75, 3.05) is 17.7 Å². The highest BCUT2D eigenvalue weighted by molar-refractivity contribution is 5.73. The molecule has 24 heavy (non-hydrogen) atoms. The SMILES string of the molecule is CNc1cc(C2(CCC3CC3)Nc3cc(C#N)ccc32)ccc1F. The fourth-order valence-electron chi connectivity index (χ4n) is 3.70. The van der Waals surface area contributed by atoms with Crippen molar-refractivity contribution in [1.82, 2.24) is 0 Å². The molecular formula is C20H20FN3. The van der Waals surface area contributed by atoms with E-state index in [0.29, 0.717) is 11.3 Å². The van der Waals surface area contributed by atoms with Crippen LogP contribution < -0.4 is 10.6 Å². The molecule has 2 aromatic rings. The number of nitrogens with one attached hydrogen (secondary N) is 2. The van der Waals surface area contributed by atoms with Crippen LogP contribution in [0.25, 0.3) is 0 Å². The number of fused-ring (bicyclic) bond motifs is 1. The Balaban J connectivity index is 1.76. The van der Waals surface area contributed by atoms with E-state index in [1.807, 2.05) is 30.3 Å². The van der Waals surface area contributed by atoms with Crippen molar-refractivity contribution < 1.29 is 4.39 Å². The molecule has 1 unspecified atom stereocenters. The average molecular weight is 321 g/mol. The number of nitriles is 1. The fourth-order valence-corrected chi connectivity index (χ4v) is 3.70. The van der Waals surface area contributed by atoms with Gasteiger partial charge in [-0.3, -0.25) is 0 Å². The zero-order valence-corrected chi connectivity index (χ0v) is 13.7. The highest BCUT2D eigenvalue weighted by Crippen LogP contribution is 2.51. The summed E-state index contributed by atoms with van der Waals surface area (Å²) < 4.78 is 13.9. The second kappa shape index (κ2) is 5.52. The number of hydrogen-bond acceptors (Lipinski definition) is 3. The van der Waals surface area contributed by atoms with Crippen LogP contribution in [0.2, 0.25) is 0 Å². The summed E-state index contributed by atoms with van der Waals surface area (Å²) in [5.74, 6) is 0.591. The number of nitrogens with zero attached hydrogens (tertiary/aromatic N) is 1. The molecule has 2 N–H and O–H groups in total. The van der Waals surface area contributed by atoms with Gasteiger partial charge < -0.3 is 10.6 Å². The smallest absolute Gasteiger partial charge is 0.146 e. The lowest BCUT2D eigenvalue weighted by Gasteiger charge is -2.47. The van der Waals surface area contributed by atoms with E-state index < -0.39 is 0 Å². The van der Waals surface area contributed by atoms with Gasteiger partial charge in [0, 0.05) is 18.3 Å². The Hall–Kier alpha value is -2.54. The van der Waals surface area contributed by atoms with Gasteiger partial charge >= 0.3 is 0 Å². The van der Waals surface area contributed by atoms with Crippen LogP contribution in [0.5, 0.6) is 0 Å². The van der Waals surface area contributed by atoms with E-state index in [0.717, 1.165) is 23.6 Å². The van der Waals surface area contributed by atoms with Crippen LogP contribution in [0.15, 0.2) is 36.4 Å². The zero-order chi connectivity index (χ0) is 16.7. The molecular weight excluding hydrogens is 301 g/mol. The fraction of sp³-hybridized carbons (Fsp3) is 0.350. The van der Waals surface area contributed by atoms with Gasteiger partial charge in [0.2, 0.25) is 0 Å². The van der Waals surface area contributed by atoms with Crippen molar-refractivity contribution in [3.05, 3.63) is 58.9 Å². The molecule has 0 radical (unpaired) electrons. The molecule has 4 rings (SSSR count). The van der Waals surface area contributed by atoms with Crippen LogP contribution in [-0.4, -0.2) is 7.05 Å². The van der Waals surface area contributed by atoms with Gasteiger partial charge in [-0.2, -0.15) is 5.26 Å². The van der Waals surface area contributed by atoms with Crippen LogP contribution >= 0.6 is 0 Å². The summed E-state index contributed by atoms with van der Waals surface area (Å²) in [5, 5.41) is 15.6. The van der Waals surface area contributed by atoms with E-state index in [1.165, 1.54) is 30.9 Å². The third-order valence-electron chi connectivity index (χ3n) is 5.31. The molecule has 122 valence electrons.